The third-order valence-corrected chi connectivity index (χ3v) is 4.54. The van der Waals surface area contributed by atoms with Crippen LogP contribution in [0.3, 0.4) is 0 Å². The number of thiophene rings is 1. The monoisotopic (exact) mass is 310 g/mol. The standard InChI is InChI=1S/C14H15ClN2O2S/c1-2-10-6-7-11(20-10)8-16-9-12-13(15)4-3-5-14(12)17(18)19/h3-7,16H,2,8-9H2,1H3. The molecule has 0 unspecified atom stereocenters. The van der Waals surface area contributed by atoms with E-state index in [4.69, 9.17) is 11.6 Å². The van der Waals surface area contributed by atoms with Crippen LogP contribution >= 0.6 is 22.9 Å². The maximum absolute atomic E-state index is 11.0. The molecule has 0 bridgehead atoms. The van der Waals surface area contributed by atoms with Crippen LogP contribution in [0.2, 0.25) is 5.02 Å². The molecule has 1 aromatic carbocycles. The van der Waals surface area contributed by atoms with Gasteiger partial charge in [-0.25, -0.2) is 0 Å². The number of nitrogens with zero attached hydrogens (tertiary/aromatic N) is 1. The van der Waals surface area contributed by atoms with Gasteiger partial charge in [-0.15, -0.1) is 11.3 Å². The lowest BCUT2D eigenvalue weighted by atomic mass is 10.2. The quantitative estimate of drug-likeness (QED) is 0.644. The van der Waals surface area contributed by atoms with Crippen LogP contribution in [-0.2, 0) is 19.5 Å². The van der Waals surface area contributed by atoms with Crippen molar-refractivity contribution >= 4 is 28.6 Å². The predicted molar refractivity (Wildman–Crippen MR) is 82.3 cm³/mol. The third-order valence-electron chi connectivity index (χ3n) is 2.96. The Balaban J connectivity index is 2.02. The van der Waals surface area contributed by atoms with Crippen molar-refractivity contribution in [2.45, 2.75) is 26.4 Å². The van der Waals surface area contributed by atoms with Crippen LogP contribution in [-0.4, -0.2) is 4.92 Å². The first-order chi connectivity index (χ1) is 9.61. The number of nitrogens with one attached hydrogen (secondary N) is 1. The Morgan fingerprint density at radius 3 is 2.65 bits per heavy atom. The number of nitro benzene ring substituents is 1. The zero-order chi connectivity index (χ0) is 14.5. The smallest absolute Gasteiger partial charge is 0.275 e. The molecule has 0 aliphatic rings. The van der Waals surface area contributed by atoms with E-state index in [1.54, 1.807) is 23.5 Å². The molecular formula is C14H15ClN2O2S. The highest BCUT2D eigenvalue weighted by Gasteiger charge is 2.15. The second-order valence-corrected chi connectivity index (χ2v) is 5.98. The van der Waals surface area contributed by atoms with Crippen molar-refractivity contribution in [3.8, 4) is 0 Å². The number of hydrogen-bond acceptors (Lipinski definition) is 4. The Bertz CT molecular complexity index is 613. The molecule has 1 aromatic heterocycles. The average Bonchev–Trinajstić information content (AvgIpc) is 2.88. The lowest BCUT2D eigenvalue weighted by Crippen LogP contribution is -2.13. The van der Waals surface area contributed by atoms with Crippen molar-refractivity contribution in [3.05, 3.63) is 60.8 Å². The van der Waals surface area contributed by atoms with Gasteiger partial charge in [-0.2, -0.15) is 0 Å². The molecule has 6 heteroatoms. The summed E-state index contributed by atoms with van der Waals surface area (Å²) in [7, 11) is 0. The zero-order valence-electron chi connectivity index (χ0n) is 11.1. The first-order valence-electron chi connectivity index (χ1n) is 6.32. The summed E-state index contributed by atoms with van der Waals surface area (Å²) in [4.78, 5) is 13.1. The molecule has 1 heterocycles. The van der Waals surface area contributed by atoms with E-state index in [0.717, 1.165) is 6.42 Å². The molecule has 0 saturated heterocycles. The number of halogens is 1. The minimum atomic E-state index is -0.400. The molecule has 0 spiro atoms. The Hall–Kier alpha value is -1.43. The summed E-state index contributed by atoms with van der Waals surface area (Å²) in [5, 5.41) is 14.6. The molecule has 1 N–H and O–H groups in total. The van der Waals surface area contributed by atoms with Crippen LogP contribution in [0.4, 0.5) is 5.69 Å². The zero-order valence-corrected chi connectivity index (χ0v) is 12.6. The van der Waals surface area contributed by atoms with Crippen LogP contribution < -0.4 is 5.32 Å². The van der Waals surface area contributed by atoms with E-state index in [1.165, 1.54) is 15.8 Å². The fourth-order valence-corrected chi connectivity index (χ4v) is 3.08. The molecule has 0 aliphatic carbocycles. The molecule has 0 atom stereocenters. The molecule has 0 aliphatic heterocycles. The molecule has 4 nitrogen and oxygen atoms in total. The minimum absolute atomic E-state index is 0.0606. The molecule has 2 rings (SSSR count). The molecule has 2 aromatic rings. The Morgan fingerprint density at radius 1 is 1.25 bits per heavy atom. The molecule has 0 amide bonds. The van der Waals surface area contributed by atoms with Gasteiger partial charge in [0.25, 0.3) is 5.69 Å². The van der Waals surface area contributed by atoms with Gasteiger partial charge in [-0.05, 0) is 24.6 Å². The fourth-order valence-electron chi connectivity index (χ4n) is 1.91. The SMILES string of the molecule is CCc1ccc(CNCc2c(Cl)cccc2[N+](=O)[O-])s1. The summed E-state index contributed by atoms with van der Waals surface area (Å²) < 4.78 is 0. The van der Waals surface area contributed by atoms with Crippen molar-refractivity contribution < 1.29 is 4.92 Å². The fraction of sp³-hybridized carbons (Fsp3) is 0.286. The Labute approximate surface area is 126 Å². The largest absolute Gasteiger partial charge is 0.307 e. The summed E-state index contributed by atoms with van der Waals surface area (Å²) in [6.07, 6.45) is 1.03. The predicted octanol–water partition coefficient (Wildman–Crippen LogP) is 4.16. The van der Waals surface area contributed by atoms with Crippen molar-refractivity contribution in [3.63, 3.8) is 0 Å². The highest BCUT2D eigenvalue weighted by Crippen LogP contribution is 2.26. The first kappa shape index (κ1) is 15.0. The molecule has 20 heavy (non-hydrogen) atoms. The summed E-state index contributed by atoms with van der Waals surface area (Å²) in [5.41, 5.74) is 0.594. The van der Waals surface area contributed by atoms with Gasteiger partial charge in [-0.1, -0.05) is 24.6 Å². The maximum atomic E-state index is 11.0. The maximum Gasteiger partial charge on any atom is 0.275 e. The number of nitro groups is 1. The van der Waals surface area contributed by atoms with Crippen molar-refractivity contribution in [1.29, 1.82) is 0 Å². The second-order valence-electron chi connectivity index (χ2n) is 4.32. The van der Waals surface area contributed by atoms with Crippen LogP contribution in [0.1, 0.15) is 22.2 Å². The summed E-state index contributed by atoms with van der Waals surface area (Å²) in [5.74, 6) is 0. The minimum Gasteiger partial charge on any atom is -0.307 e. The van der Waals surface area contributed by atoms with E-state index in [0.29, 0.717) is 23.7 Å². The van der Waals surface area contributed by atoms with Gasteiger partial charge in [0.05, 0.1) is 15.5 Å². The lowest BCUT2D eigenvalue weighted by Gasteiger charge is -2.06. The lowest BCUT2D eigenvalue weighted by molar-refractivity contribution is -0.385. The summed E-state index contributed by atoms with van der Waals surface area (Å²) >= 11 is 7.79. The Kier molecular flexibility index (Phi) is 5.11. The highest BCUT2D eigenvalue weighted by atomic mass is 35.5. The van der Waals surface area contributed by atoms with Gasteiger partial charge in [0.15, 0.2) is 0 Å². The van der Waals surface area contributed by atoms with E-state index in [2.05, 4.69) is 24.4 Å². The van der Waals surface area contributed by atoms with Gasteiger partial charge in [0, 0.05) is 28.9 Å². The van der Waals surface area contributed by atoms with Crippen LogP contribution in [0.15, 0.2) is 30.3 Å². The molecule has 0 saturated carbocycles. The van der Waals surface area contributed by atoms with E-state index in [1.807, 2.05) is 0 Å². The first-order valence-corrected chi connectivity index (χ1v) is 7.51. The van der Waals surface area contributed by atoms with E-state index in [9.17, 15) is 10.1 Å². The van der Waals surface area contributed by atoms with Crippen LogP contribution in [0, 0.1) is 10.1 Å². The Morgan fingerprint density at radius 2 is 2.00 bits per heavy atom. The number of benzene rings is 1. The highest BCUT2D eigenvalue weighted by molar-refractivity contribution is 7.11. The molecule has 106 valence electrons. The average molecular weight is 311 g/mol. The van der Waals surface area contributed by atoms with E-state index < -0.39 is 4.92 Å². The number of rotatable bonds is 6. The van der Waals surface area contributed by atoms with Gasteiger partial charge >= 0.3 is 0 Å². The van der Waals surface area contributed by atoms with Crippen molar-refractivity contribution in [1.82, 2.24) is 5.32 Å². The number of aryl methyl sites for hydroxylation is 1. The van der Waals surface area contributed by atoms with Crippen molar-refractivity contribution in [2.24, 2.45) is 0 Å². The van der Waals surface area contributed by atoms with Gasteiger partial charge < -0.3 is 5.32 Å². The topological polar surface area (TPSA) is 55.2 Å². The van der Waals surface area contributed by atoms with Gasteiger partial charge in [-0.3, -0.25) is 10.1 Å². The van der Waals surface area contributed by atoms with Crippen molar-refractivity contribution in [2.75, 3.05) is 0 Å². The molecule has 0 fully saturated rings. The molecular weight excluding hydrogens is 296 g/mol. The summed E-state index contributed by atoms with van der Waals surface area (Å²) in [6, 6.07) is 8.93. The molecule has 0 radical (unpaired) electrons. The number of hydrogen-bond donors (Lipinski definition) is 1. The van der Waals surface area contributed by atoms with Gasteiger partial charge in [0.1, 0.15) is 0 Å². The van der Waals surface area contributed by atoms with E-state index in [-0.39, 0.29) is 5.69 Å². The third kappa shape index (κ3) is 3.56. The van der Waals surface area contributed by atoms with Crippen LogP contribution in [0.25, 0.3) is 0 Å². The normalized spacial score (nSPS) is 10.7. The second kappa shape index (κ2) is 6.83. The summed E-state index contributed by atoms with van der Waals surface area (Å²) in [6.45, 7) is 3.19. The van der Waals surface area contributed by atoms with Crippen LogP contribution in [0.5, 0.6) is 0 Å². The van der Waals surface area contributed by atoms with E-state index >= 15 is 0 Å². The van der Waals surface area contributed by atoms with Gasteiger partial charge in [0.2, 0.25) is 0 Å².